The van der Waals surface area contributed by atoms with Crippen LogP contribution in [0.4, 0.5) is 0 Å². The monoisotopic (exact) mass is 331 g/mol. The Morgan fingerprint density at radius 3 is 2.46 bits per heavy atom. The van der Waals surface area contributed by atoms with Gasteiger partial charge in [-0.05, 0) is 43.2 Å². The number of benzene rings is 1. The first-order chi connectivity index (χ1) is 11.6. The minimum absolute atomic E-state index is 0.0561. The summed E-state index contributed by atoms with van der Waals surface area (Å²) in [5, 5.41) is 16.8. The van der Waals surface area contributed by atoms with Gasteiger partial charge in [-0.3, -0.25) is 4.79 Å². The predicted molar refractivity (Wildman–Crippen MR) is 92.6 cm³/mol. The average Bonchev–Trinajstić information content (AvgIpc) is 3.13. The number of rotatable bonds is 8. The molecular formula is C18H25N3O3. The fourth-order valence-corrected chi connectivity index (χ4v) is 2.46. The summed E-state index contributed by atoms with van der Waals surface area (Å²) in [6, 6.07) is 9.11. The quantitative estimate of drug-likeness (QED) is 0.779. The van der Waals surface area contributed by atoms with Crippen molar-refractivity contribution in [2.75, 3.05) is 20.3 Å². The van der Waals surface area contributed by atoms with Gasteiger partial charge in [-0.15, -0.1) is 0 Å². The van der Waals surface area contributed by atoms with E-state index in [9.17, 15) is 9.90 Å². The molecule has 0 bridgehead atoms. The zero-order chi connectivity index (χ0) is 17.6. The van der Waals surface area contributed by atoms with Gasteiger partial charge in [0.15, 0.2) is 5.69 Å². The van der Waals surface area contributed by atoms with Crippen LogP contribution in [0.25, 0.3) is 5.69 Å². The fourth-order valence-electron chi connectivity index (χ4n) is 2.46. The van der Waals surface area contributed by atoms with Crippen LogP contribution in [0.2, 0.25) is 0 Å². The first-order valence-corrected chi connectivity index (χ1v) is 8.16. The molecule has 2 N–H and O–H groups in total. The number of hydrogen-bond donors (Lipinski definition) is 2. The van der Waals surface area contributed by atoms with Gasteiger partial charge in [-0.2, -0.15) is 5.10 Å². The molecule has 0 aliphatic rings. The van der Waals surface area contributed by atoms with Gasteiger partial charge in [0, 0.05) is 18.2 Å². The first kappa shape index (κ1) is 18.0. The number of hydrogen-bond acceptors (Lipinski definition) is 4. The largest absolute Gasteiger partial charge is 0.497 e. The summed E-state index contributed by atoms with van der Waals surface area (Å²) < 4.78 is 6.78. The maximum Gasteiger partial charge on any atom is 0.271 e. The van der Waals surface area contributed by atoms with E-state index in [0.29, 0.717) is 12.2 Å². The number of amides is 1. The highest BCUT2D eigenvalue weighted by atomic mass is 16.5. The topological polar surface area (TPSA) is 76.4 Å². The van der Waals surface area contributed by atoms with Crippen molar-refractivity contribution < 1.29 is 14.6 Å². The third-order valence-electron chi connectivity index (χ3n) is 4.62. The smallest absolute Gasteiger partial charge is 0.271 e. The number of nitrogens with zero attached hydrogens (tertiary/aromatic N) is 2. The molecule has 24 heavy (non-hydrogen) atoms. The van der Waals surface area contributed by atoms with Gasteiger partial charge in [-0.25, -0.2) is 4.68 Å². The summed E-state index contributed by atoms with van der Waals surface area (Å²) in [4.78, 5) is 12.3. The van der Waals surface area contributed by atoms with Crippen LogP contribution in [-0.2, 0) is 0 Å². The van der Waals surface area contributed by atoms with Gasteiger partial charge in [-0.1, -0.05) is 13.8 Å². The Morgan fingerprint density at radius 2 is 1.92 bits per heavy atom. The van der Waals surface area contributed by atoms with Crippen molar-refractivity contribution in [3.05, 3.63) is 42.2 Å². The van der Waals surface area contributed by atoms with Gasteiger partial charge >= 0.3 is 0 Å². The summed E-state index contributed by atoms with van der Waals surface area (Å²) >= 11 is 0. The van der Waals surface area contributed by atoms with Crippen molar-refractivity contribution in [1.82, 2.24) is 15.1 Å². The molecule has 6 heteroatoms. The molecule has 0 fully saturated rings. The summed E-state index contributed by atoms with van der Waals surface area (Å²) in [6.45, 7) is 4.53. The molecule has 0 atom stereocenters. The third-order valence-corrected chi connectivity index (χ3v) is 4.62. The highest BCUT2D eigenvalue weighted by molar-refractivity contribution is 5.92. The van der Waals surface area contributed by atoms with E-state index >= 15 is 0 Å². The Hall–Kier alpha value is -2.34. The molecule has 2 rings (SSSR count). The molecule has 0 saturated heterocycles. The molecule has 0 radical (unpaired) electrons. The number of ether oxygens (including phenoxy) is 1. The lowest BCUT2D eigenvalue weighted by atomic mass is 9.83. The minimum atomic E-state index is -0.270. The zero-order valence-corrected chi connectivity index (χ0v) is 14.5. The molecule has 1 amide bonds. The highest BCUT2D eigenvalue weighted by Crippen LogP contribution is 2.24. The van der Waals surface area contributed by atoms with Crippen LogP contribution in [0.5, 0.6) is 5.75 Å². The highest BCUT2D eigenvalue weighted by Gasteiger charge is 2.26. The van der Waals surface area contributed by atoms with Crippen molar-refractivity contribution >= 4 is 5.91 Å². The summed E-state index contributed by atoms with van der Waals surface area (Å²) in [5.74, 6) is 0.533. The Labute approximate surface area is 142 Å². The van der Waals surface area contributed by atoms with E-state index in [-0.39, 0.29) is 17.9 Å². The Morgan fingerprint density at radius 1 is 1.25 bits per heavy atom. The Bertz CT molecular complexity index is 652. The number of carbonyl (C=O) groups is 1. The molecule has 1 aromatic carbocycles. The van der Waals surface area contributed by atoms with Crippen LogP contribution in [0, 0.1) is 5.41 Å². The SMILES string of the molecule is CCC(CC)(CO)CNC(=O)c1ccn(-c2ccc(OC)cc2)n1. The van der Waals surface area contributed by atoms with Gasteiger partial charge in [0.25, 0.3) is 5.91 Å². The summed E-state index contributed by atoms with van der Waals surface area (Å²) in [5.41, 5.74) is 0.931. The van der Waals surface area contributed by atoms with Crippen LogP contribution in [0.1, 0.15) is 37.2 Å². The first-order valence-electron chi connectivity index (χ1n) is 8.16. The summed E-state index contributed by atoms with van der Waals surface area (Å²) in [7, 11) is 1.62. The molecule has 0 aliphatic heterocycles. The standard InChI is InChI=1S/C18H25N3O3/c1-4-18(5-2,13-22)12-19-17(23)16-10-11-21(20-16)14-6-8-15(24-3)9-7-14/h6-11,22H,4-5,12-13H2,1-3H3,(H,19,23). The second-order valence-corrected chi connectivity index (χ2v) is 5.89. The Kier molecular flexibility index (Phi) is 5.98. The summed E-state index contributed by atoms with van der Waals surface area (Å²) in [6.07, 6.45) is 3.36. The molecule has 130 valence electrons. The minimum Gasteiger partial charge on any atom is -0.497 e. The van der Waals surface area contributed by atoms with Crippen molar-refractivity contribution in [2.24, 2.45) is 5.41 Å². The average molecular weight is 331 g/mol. The molecule has 2 aromatic rings. The molecule has 0 spiro atoms. The number of aliphatic hydroxyl groups excluding tert-OH is 1. The number of methoxy groups -OCH3 is 1. The third kappa shape index (κ3) is 3.94. The lowest BCUT2D eigenvalue weighted by Gasteiger charge is -2.29. The van der Waals surface area contributed by atoms with E-state index in [0.717, 1.165) is 24.3 Å². The fraction of sp³-hybridized carbons (Fsp3) is 0.444. The van der Waals surface area contributed by atoms with Crippen LogP contribution >= 0.6 is 0 Å². The second kappa shape index (κ2) is 7.97. The van der Waals surface area contributed by atoms with Crippen LogP contribution in [0.3, 0.4) is 0 Å². The van der Waals surface area contributed by atoms with Crippen molar-refractivity contribution in [2.45, 2.75) is 26.7 Å². The van der Waals surface area contributed by atoms with Gasteiger partial charge < -0.3 is 15.2 Å². The molecule has 1 aromatic heterocycles. The van der Waals surface area contributed by atoms with E-state index in [1.807, 2.05) is 38.1 Å². The van der Waals surface area contributed by atoms with Crippen molar-refractivity contribution in [3.8, 4) is 11.4 Å². The number of carbonyl (C=O) groups excluding carboxylic acids is 1. The Balaban J connectivity index is 2.05. The molecule has 0 saturated carbocycles. The number of aromatic nitrogens is 2. The lowest BCUT2D eigenvalue weighted by molar-refractivity contribution is 0.0846. The van der Waals surface area contributed by atoms with Gasteiger partial charge in [0.2, 0.25) is 0 Å². The van der Waals surface area contributed by atoms with Crippen LogP contribution < -0.4 is 10.1 Å². The maximum atomic E-state index is 12.3. The van der Waals surface area contributed by atoms with Crippen LogP contribution in [-0.4, -0.2) is 41.1 Å². The van der Waals surface area contributed by atoms with E-state index in [4.69, 9.17) is 4.74 Å². The van der Waals surface area contributed by atoms with Gasteiger partial charge in [0.05, 0.1) is 19.4 Å². The lowest BCUT2D eigenvalue weighted by Crippen LogP contribution is -2.39. The molecule has 0 unspecified atom stereocenters. The molecule has 6 nitrogen and oxygen atoms in total. The second-order valence-electron chi connectivity index (χ2n) is 5.89. The number of nitrogens with one attached hydrogen (secondary N) is 1. The van der Waals surface area contributed by atoms with Crippen molar-refractivity contribution in [3.63, 3.8) is 0 Å². The van der Waals surface area contributed by atoms with Gasteiger partial charge in [0.1, 0.15) is 5.75 Å². The van der Waals surface area contributed by atoms with E-state index in [1.54, 1.807) is 24.1 Å². The molecule has 1 heterocycles. The van der Waals surface area contributed by atoms with Crippen molar-refractivity contribution in [1.29, 1.82) is 0 Å². The molecule has 0 aliphatic carbocycles. The number of aliphatic hydroxyl groups is 1. The maximum absolute atomic E-state index is 12.3. The van der Waals surface area contributed by atoms with E-state index < -0.39 is 0 Å². The zero-order valence-electron chi connectivity index (χ0n) is 14.5. The van der Waals surface area contributed by atoms with E-state index in [2.05, 4.69) is 10.4 Å². The van der Waals surface area contributed by atoms with E-state index in [1.165, 1.54) is 0 Å². The predicted octanol–water partition coefficient (Wildman–Crippen LogP) is 2.41. The van der Waals surface area contributed by atoms with Crippen LogP contribution in [0.15, 0.2) is 36.5 Å². The normalized spacial score (nSPS) is 11.3. The molecular weight excluding hydrogens is 306 g/mol.